The second-order valence-corrected chi connectivity index (χ2v) is 5.29. The van der Waals surface area contributed by atoms with E-state index >= 15 is 0 Å². The van der Waals surface area contributed by atoms with Gasteiger partial charge in [0.2, 0.25) is 5.91 Å². The van der Waals surface area contributed by atoms with Crippen LogP contribution in [0.4, 0.5) is 0 Å². The lowest BCUT2D eigenvalue weighted by Crippen LogP contribution is -2.56. The van der Waals surface area contributed by atoms with Crippen LogP contribution in [0.2, 0.25) is 0 Å². The molecule has 0 aromatic heterocycles. The van der Waals surface area contributed by atoms with Crippen LogP contribution in [-0.4, -0.2) is 61.5 Å². The average molecular weight is 227 g/mol. The Kier molecular flexibility index (Phi) is 4.74. The van der Waals surface area contributed by atoms with Crippen molar-refractivity contribution in [1.29, 1.82) is 0 Å². The summed E-state index contributed by atoms with van der Waals surface area (Å²) in [6.07, 6.45) is 0. The highest BCUT2D eigenvalue weighted by Crippen LogP contribution is 2.12. The Hall–Kier alpha value is -0.610. The zero-order chi connectivity index (χ0) is 12.3. The molecule has 1 aliphatic heterocycles. The molecule has 0 bridgehead atoms. The van der Waals surface area contributed by atoms with E-state index in [4.69, 9.17) is 0 Å². The van der Waals surface area contributed by atoms with Gasteiger partial charge in [-0.2, -0.15) is 0 Å². The molecule has 4 heteroatoms. The van der Waals surface area contributed by atoms with Crippen molar-refractivity contribution in [3.05, 3.63) is 0 Å². The molecule has 1 saturated heterocycles. The van der Waals surface area contributed by atoms with Gasteiger partial charge in [-0.25, -0.2) is 0 Å². The largest absolute Gasteiger partial charge is 0.339 e. The lowest BCUT2D eigenvalue weighted by Gasteiger charge is -2.37. The Morgan fingerprint density at radius 2 is 2.06 bits per heavy atom. The standard InChI is InChI=1S/C12H25N3O/c1-9(2)11(14(4)5)12(16)15-7-6-13-10(3)8-15/h9-11,13H,6-8H2,1-5H3. The first kappa shape index (κ1) is 13.5. The highest BCUT2D eigenvalue weighted by molar-refractivity contribution is 5.82. The van der Waals surface area contributed by atoms with Crippen molar-refractivity contribution in [2.75, 3.05) is 33.7 Å². The maximum absolute atomic E-state index is 12.4. The number of hydrogen-bond donors (Lipinski definition) is 1. The van der Waals surface area contributed by atoms with Gasteiger partial charge >= 0.3 is 0 Å². The van der Waals surface area contributed by atoms with Gasteiger partial charge in [0.1, 0.15) is 0 Å². The van der Waals surface area contributed by atoms with E-state index in [2.05, 4.69) is 26.1 Å². The summed E-state index contributed by atoms with van der Waals surface area (Å²) in [5.41, 5.74) is 0. The van der Waals surface area contributed by atoms with Crippen molar-refractivity contribution in [1.82, 2.24) is 15.1 Å². The van der Waals surface area contributed by atoms with Crippen LogP contribution in [-0.2, 0) is 4.79 Å². The molecule has 1 N–H and O–H groups in total. The van der Waals surface area contributed by atoms with E-state index in [-0.39, 0.29) is 11.9 Å². The molecule has 0 radical (unpaired) electrons. The third-order valence-corrected chi connectivity index (χ3v) is 3.12. The van der Waals surface area contributed by atoms with Gasteiger partial charge in [0.25, 0.3) is 0 Å². The minimum absolute atomic E-state index is 0.00491. The van der Waals surface area contributed by atoms with Crippen LogP contribution in [0.1, 0.15) is 20.8 Å². The van der Waals surface area contributed by atoms with Crippen LogP contribution in [0.25, 0.3) is 0 Å². The van der Waals surface area contributed by atoms with Crippen molar-refractivity contribution in [3.63, 3.8) is 0 Å². The first-order valence-corrected chi connectivity index (χ1v) is 6.12. The fourth-order valence-electron chi connectivity index (χ4n) is 2.42. The molecule has 1 aliphatic rings. The van der Waals surface area contributed by atoms with E-state index in [1.54, 1.807) is 0 Å². The molecule has 1 rings (SSSR count). The Morgan fingerprint density at radius 3 is 2.50 bits per heavy atom. The van der Waals surface area contributed by atoms with Crippen molar-refractivity contribution in [2.45, 2.75) is 32.9 Å². The highest BCUT2D eigenvalue weighted by atomic mass is 16.2. The monoisotopic (exact) mass is 227 g/mol. The number of hydrogen-bond acceptors (Lipinski definition) is 3. The average Bonchev–Trinajstić information content (AvgIpc) is 2.16. The fourth-order valence-corrected chi connectivity index (χ4v) is 2.42. The number of rotatable bonds is 3. The number of nitrogens with zero attached hydrogens (tertiary/aromatic N) is 2. The quantitative estimate of drug-likeness (QED) is 0.758. The number of piperazine rings is 1. The van der Waals surface area contributed by atoms with Crippen molar-refractivity contribution < 1.29 is 4.79 Å². The Morgan fingerprint density at radius 1 is 1.44 bits per heavy atom. The third-order valence-electron chi connectivity index (χ3n) is 3.12. The maximum atomic E-state index is 12.4. The van der Waals surface area contributed by atoms with E-state index in [1.165, 1.54) is 0 Å². The minimum atomic E-state index is 0.00491. The molecule has 16 heavy (non-hydrogen) atoms. The fraction of sp³-hybridized carbons (Fsp3) is 0.917. The second-order valence-electron chi connectivity index (χ2n) is 5.29. The van der Waals surface area contributed by atoms with Crippen LogP contribution in [0, 0.1) is 5.92 Å². The van der Waals surface area contributed by atoms with Crippen LogP contribution >= 0.6 is 0 Å². The van der Waals surface area contributed by atoms with Gasteiger partial charge in [-0.15, -0.1) is 0 Å². The molecule has 0 aliphatic carbocycles. The highest BCUT2D eigenvalue weighted by Gasteiger charge is 2.30. The number of amides is 1. The third kappa shape index (κ3) is 3.19. The maximum Gasteiger partial charge on any atom is 0.240 e. The van der Waals surface area contributed by atoms with Gasteiger partial charge in [0.15, 0.2) is 0 Å². The predicted molar refractivity (Wildman–Crippen MR) is 66.4 cm³/mol. The smallest absolute Gasteiger partial charge is 0.240 e. The summed E-state index contributed by atoms with van der Waals surface area (Å²) in [7, 11) is 3.96. The van der Waals surface area contributed by atoms with Gasteiger partial charge in [-0.05, 0) is 26.9 Å². The summed E-state index contributed by atoms with van der Waals surface area (Å²) in [5.74, 6) is 0.626. The molecular weight excluding hydrogens is 202 g/mol. The van der Waals surface area contributed by atoms with E-state index in [0.717, 1.165) is 19.6 Å². The Balaban J connectivity index is 2.66. The normalized spacial score (nSPS) is 23.9. The molecule has 2 unspecified atom stereocenters. The van der Waals surface area contributed by atoms with E-state index in [9.17, 15) is 4.79 Å². The topological polar surface area (TPSA) is 35.6 Å². The number of carbonyl (C=O) groups excluding carboxylic acids is 1. The summed E-state index contributed by atoms with van der Waals surface area (Å²) in [6, 6.07) is 0.415. The van der Waals surface area contributed by atoms with Crippen LogP contribution in [0.3, 0.4) is 0 Å². The lowest BCUT2D eigenvalue weighted by molar-refractivity contribution is -0.138. The minimum Gasteiger partial charge on any atom is -0.339 e. The number of carbonyl (C=O) groups is 1. The van der Waals surface area contributed by atoms with Crippen molar-refractivity contribution in [3.8, 4) is 0 Å². The molecule has 1 amide bonds. The summed E-state index contributed by atoms with van der Waals surface area (Å²) in [5, 5.41) is 3.36. The molecule has 0 aromatic carbocycles. The first-order chi connectivity index (χ1) is 7.43. The molecule has 4 nitrogen and oxygen atoms in total. The van der Waals surface area contributed by atoms with E-state index in [0.29, 0.717) is 12.0 Å². The van der Waals surface area contributed by atoms with E-state index in [1.807, 2.05) is 23.9 Å². The van der Waals surface area contributed by atoms with E-state index < -0.39 is 0 Å². The summed E-state index contributed by atoms with van der Waals surface area (Å²) in [6.45, 7) is 8.91. The number of nitrogens with one attached hydrogen (secondary N) is 1. The SMILES string of the molecule is CC1CN(C(=O)C(C(C)C)N(C)C)CCN1. The molecule has 0 saturated carbocycles. The van der Waals surface area contributed by atoms with Crippen molar-refractivity contribution in [2.24, 2.45) is 5.92 Å². The molecule has 1 fully saturated rings. The summed E-state index contributed by atoms with van der Waals surface area (Å²) >= 11 is 0. The molecule has 2 atom stereocenters. The molecule has 0 aromatic rings. The molecule has 1 heterocycles. The van der Waals surface area contributed by atoms with Crippen molar-refractivity contribution >= 4 is 5.91 Å². The summed E-state index contributed by atoms with van der Waals surface area (Å²) in [4.78, 5) is 16.4. The number of likely N-dealkylation sites (N-methyl/N-ethyl adjacent to an activating group) is 1. The molecular formula is C12H25N3O. The van der Waals surface area contributed by atoms with Gasteiger partial charge in [-0.3, -0.25) is 9.69 Å². The van der Waals surface area contributed by atoms with Gasteiger partial charge < -0.3 is 10.2 Å². The lowest BCUT2D eigenvalue weighted by atomic mass is 10.0. The van der Waals surface area contributed by atoms with Gasteiger partial charge in [-0.1, -0.05) is 13.8 Å². The Bertz CT molecular complexity index is 232. The Labute approximate surface area is 99.0 Å². The van der Waals surface area contributed by atoms with Crippen LogP contribution < -0.4 is 5.32 Å². The zero-order valence-corrected chi connectivity index (χ0v) is 11.2. The van der Waals surface area contributed by atoms with Crippen LogP contribution in [0.15, 0.2) is 0 Å². The molecule has 0 spiro atoms. The molecule has 94 valence electrons. The van der Waals surface area contributed by atoms with Gasteiger partial charge in [0, 0.05) is 25.7 Å². The second kappa shape index (κ2) is 5.64. The van der Waals surface area contributed by atoms with Crippen LogP contribution in [0.5, 0.6) is 0 Å². The first-order valence-electron chi connectivity index (χ1n) is 6.12. The van der Waals surface area contributed by atoms with Gasteiger partial charge in [0.05, 0.1) is 6.04 Å². The zero-order valence-electron chi connectivity index (χ0n) is 11.2. The summed E-state index contributed by atoms with van der Waals surface area (Å²) < 4.78 is 0. The predicted octanol–water partition coefficient (Wildman–Crippen LogP) is 0.393.